The zero-order chi connectivity index (χ0) is 10.6. The Balaban J connectivity index is 2.64. The van der Waals surface area contributed by atoms with Crippen molar-refractivity contribution in [1.82, 2.24) is 4.98 Å². The van der Waals surface area contributed by atoms with Crippen LogP contribution in [0.5, 0.6) is 0 Å². The van der Waals surface area contributed by atoms with Gasteiger partial charge in [-0.3, -0.25) is 0 Å². The van der Waals surface area contributed by atoms with Crippen molar-refractivity contribution >= 4 is 27.4 Å². The molecule has 0 aromatic carbocycles. The van der Waals surface area contributed by atoms with Gasteiger partial charge in [-0.25, -0.2) is 0 Å². The summed E-state index contributed by atoms with van der Waals surface area (Å²) < 4.78 is 0.802. The molecule has 0 bridgehead atoms. The van der Waals surface area contributed by atoms with Gasteiger partial charge in [-0.2, -0.15) is 0 Å². The average Bonchev–Trinajstić information content (AvgIpc) is 2.15. The van der Waals surface area contributed by atoms with Crippen molar-refractivity contribution in [3.63, 3.8) is 0 Å². The van der Waals surface area contributed by atoms with Crippen molar-refractivity contribution in [2.75, 3.05) is 11.9 Å². The quantitative estimate of drug-likeness (QED) is 0.664. The molecular formula is C8H8BrN3O2. The summed E-state index contributed by atoms with van der Waals surface area (Å²) in [6.07, 6.45) is 1.41. The van der Waals surface area contributed by atoms with Crippen molar-refractivity contribution in [3.05, 3.63) is 39.5 Å². The topological polar surface area (TPSA) is 68.1 Å². The molecule has 0 unspecified atom stereocenters. The first kappa shape index (κ1) is 10.6. The maximum absolute atomic E-state index is 10.3. The lowest BCUT2D eigenvalue weighted by molar-refractivity contribution is -0.389. The molecule has 5 nitrogen and oxygen atoms in total. The van der Waals surface area contributed by atoms with E-state index >= 15 is 0 Å². The molecule has 14 heavy (non-hydrogen) atoms. The molecule has 1 N–H and O–H groups in total. The second-order valence-corrected chi connectivity index (χ2v) is 3.65. The standard InChI is InChI=1S/C8H8BrN3O2/c1-6(9)4-10-7-2-3-8(11-5-7)12(13)14/h2-3,5,10H,1,4H2. The second kappa shape index (κ2) is 4.71. The fourth-order valence-corrected chi connectivity index (χ4v) is 0.937. The Morgan fingerprint density at radius 3 is 2.86 bits per heavy atom. The zero-order valence-electron chi connectivity index (χ0n) is 7.24. The molecule has 1 aromatic rings. The predicted octanol–water partition coefficient (Wildman–Crippen LogP) is 2.31. The van der Waals surface area contributed by atoms with Crippen LogP contribution in [0.25, 0.3) is 0 Å². The third kappa shape index (κ3) is 3.14. The average molecular weight is 258 g/mol. The fraction of sp³-hybridized carbons (Fsp3) is 0.125. The highest BCUT2D eigenvalue weighted by Crippen LogP contribution is 2.12. The van der Waals surface area contributed by atoms with E-state index in [1.807, 2.05) is 0 Å². The molecule has 6 heteroatoms. The van der Waals surface area contributed by atoms with Crippen LogP contribution in [0.4, 0.5) is 11.5 Å². The number of hydrogen-bond acceptors (Lipinski definition) is 4. The van der Waals surface area contributed by atoms with Crippen molar-refractivity contribution in [1.29, 1.82) is 0 Å². The van der Waals surface area contributed by atoms with Crippen LogP contribution in [-0.2, 0) is 0 Å². The lowest BCUT2D eigenvalue weighted by Crippen LogP contribution is -2.01. The minimum atomic E-state index is -0.535. The van der Waals surface area contributed by atoms with Gasteiger partial charge >= 0.3 is 5.82 Å². The lowest BCUT2D eigenvalue weighted by Gasteiger charge is -2.01. The first-order valence-corrected chi connectivity index (χ1v) is 4.56. The summed E-state index contributed by atoms with van der Waals surface area (Å²) in [6, 6.07) is 2.94. The molecule has 0 spiro atoms. The molecule has 0 aliphatic heterocycles. The molecule has 1 aromatic heterocycles. The van der Waals surface area contributed by atoms with E-state index in [1.165, 1.54) is 12.3 Å². The van der Waals surface area contributed by atoms with Gasteiger partial charge in [0.25, 0.3) is 0 Å². The van der Waals surface area contributed by atoms with E-state index in [0.717, 1.165) is 10.2 Å². The van der Waals surface area contributed by atoms with Gasteiger partial charge < -0.3 is 15.4 Å². The van der Waals surface area contributed by atoms with Gasteiger partial charge in [0.15, 0.2) is 6.20 Å². The van der Waals surface area contributed by atoms with Crippen LogP contribution in [0.2, 0.25) is 0 Å². The van der Waals surface area contributed by atoms with Crippen molar-refractivity contribution in [2.24, 2.45) is 0 Å². The van der Waals surface area contributed by atoms with Crippen LogP contribution in [0.1, 0.15) is 0 Å². The minimum absolute atomic E-state index is 0.159. The summed E-state index contributed by atoms with van der Waals surface area (Å²) in [6.45, 7) is 4.20. The van der Waals surface area contributed by atoms with E-state index in [4.69, 9.17) is 0 Å². The molecule has 0 amide bonds. The third-order valence-corrected chi connectivity index (χ3v) is 1.70. The van der Waals surface area contributed by atoms with Gasteiger partial charge in [0.1, 0.15) is 0 Å². The first-order valence-electron chi connectivity index (χ1n) is 3.77. The van der Waals surface area contributed by atoms with Crippen LogP contribution < -0.4 is 5.32 Å². The molecule has 1 rings (SSSR count). The Hall–Kier alpha value is -1.43. The molecule has 0 saturated carbocycles. The maximum Gasteiger partial charge on any atom is 0.363 e. The molecular weight excluding hydrogens is 250 g/mol. The summed E-state index contributed by atoms with van der Waals surface area (Å²) in [5, 5.41) is 13.3. The monoisotopic (exact) mass is 257 g/mol. The Kier molecular flexibility index (Phi) is 3.58. The minimum Gasteiger partial charge on any atom is -0.377 e. The van der Waals surface area contributed by atoms with E-state index in [-0.39, 0.29) is 5.82 Å². The normalized spacial score (nSPS) is 9.50. The van der Waals surface area contributed by atoms with Crippen LogP contribution in [0.3, 0.4) is 0 Å². The first-order chi connectivity index (χ1) is 6.59. The highest BCUT2D eigenvalue weighted by molar-refractivity contribution is 9.11. The number of aromatic nitrogens is 1. The molecule has 0 fully saturated rings. The largest absolute Gasteiger partial charge is 0.377 e. The van der Waals surface area contributed by atoms with Gasteiger partial charge in [-0.05, 0) is 16.0 Å². The molecule has 0 radical (unpaired) electrons. The second-order valence-electron chi connectivity index (χ2n) is 2.53. The van der Waals surface area contributed by atoms with Gasteiger partial charge in [-0.15, -0.1) is 0 Å². The van der Waals surface area contributed by atoms with Gasteiger partial charge in [-0.1, -0.05) is 22.5 Å². The van der Waals surface area contributed by atoms with Crippen LogP contribution >= 0.6 is 15.9 Å². The van der Waals surface area contributed by atoms with E-state index in [2.05, 4.69) is 32.8 Å². The summed E-state index contributed by atoms with van der Waals surface area (Å²) >= 11 is 3.18. The number of nitrogens with one attached hydrogen (secondary N) is 1. The van der Waals surface area contributed by atoms with Crippen LogP contribution in [0, 0.1) is 10.1 Å². The number of nitrogens with zero attached hydrogens (tertiary/aromatic N) is 2. The lowest BCUT2D eigenvalue weighted by atomic mass is 10.4. The number of rotatable bonds is 4. The summed E-state index contributed by atoms with van der Waals surface area (Å²) in [5.74, 6) is -0.159. The third-order valence-electron chi connectivity index (χ3n) is 1.42. The van der Waals surface area contributed by atoms with Gasteiger partial charge in [0.05, 0.1) is 5.69 Å². The fourth-order valence-electron chi connectivity index (χ4n) is 0.797. The Morgan fingerprint density at radius 2 is 2.43 bits per heavy atom. The summed E-state index contributed by atoms with van der Waals surface area (Å²) in [7, 11) is 0. The highest BCUT2D eigenvalue weighted by Gasteiger charge is 2.05. The number of anilines is 1. The number of hydrogen-bond donors (Lipinski definition) is 1. The van der Waals surface area contributed by atoms with Gasteiger partial charge in [0, 0.05) is 17.1 Å². The Labute approximate surface area is 89.1 Å². The smallest absolute Gasteiger partial charge is 0.363 e. The predicted molar refractivity (Wildman–Crippen MR) is 57.4 cm³/mol. The van der Waals surface area contributed by atoms with Crippen molar-refractivity contribution < 1.29 is 4.92 Å². The van der Waals surface area contributed by atoms with E-state index in [1.54, 1.807) is 6.07 Å². The maximum atomic E-state index is 10.3. The Morgan fingerprint density at radius 1 is 1.71 bits per heavy atom. The number of nitro groups is 1. The zero-order valence-corrected chi connectivity index (χ0v) is 8.82. The van der Waals surface area contributed by atoms with Crippen molar-refractivity contribution in [3.8, 4) is 0 Å². The summed E-state index contributed by atoms with van der Waals surface area (Å²) in [4.78, 5) is 13.4. The molecule has 74 valence electrons. The van der Waals surface area contributed by atoms with Crippen LogP contribution in [0.15, 0.2) is 29.4 Å². The molecule has 0 atom stereocenters. The van der Waals surface area contributed by atoms with E-state index < -0.39 is 4.92 Å². The highest BCUT2D eigenvalue weighted by atomic mass is 79.9. The van der Waals surface area contributed by atoms with E-state index in [0.29, 0.717) is 6.54 Å². The number of halogens is 1. The van der Waals surface area contributed by atoms with Crippen LogP contribution in [-0.4, -0.2) is 16.5 Å². The molecule has 0 aliphatic carbocycles. The Bertz CT molecular complexity index is 350. The van der Waals surface area contributed by atoms with Gasteiger partial charge in [0.2, 0.25) is 0 Å². The summed E-state index contributed by atoms with van der Waals surface area (Å²) in [5.41, 5.74) is 0.719. The number of pyridine rings is 1. The molecule has 1 heterocycles. The van der Waals surface area contributed by atoms with Crippen molar-refractivity contribution in [2.45, 2.75) is 0 Å². The molecule has 0 aliphatic rings. The van der Waals surface area contributed by atoms with E-state index in [9.17, 15) is 10.1 Å². The molecule has 0 saturated heterocycles. The SMILES string of the molecule is C=C(Br)CNc1ccc([N+](=O)[O-])nc1.